The largest absolute Gasteiger partial charge is 0.454 e. The molecule has 0 spiro atoms. The molecule has 0 bridgehead atoms. The van der Waals surface area contributed by atoms with E-state index in [0.29, 0.717) is 23.7 Å². The highest BCUT2D eigenvalue weighted by Gasteiger charge is 2.16. The molecular weight excluding hydrogens is 296 g/mol. The maximum absolute atomic E-state index is 12.1. The Kier molecular flexibility index (Phi) is 3.53. The molecular formula is C16H18N4O3. The van der Waals surface area contributed by atoms with Crippen molar-refractivity contribution >= 4 is 11.7 Å². The first kappa shape index (κ1) is 13.9. The van der Waals surface area contributed by atoms with Crippen LogP contribution in [0.3, 0.4) is 0 Å². The number of rotatable bonds is 3. The lowest BCUT2D eigenvalue weighted by Crippen LogP contribution is -2.28. The van der Waals surface area contributed by atoms with E-state index in [4.69, 9.17) is 9.47 Å². The van der Waals surface area contributed by atoms with Crippen LogP contribution in [0, 0.1) is 0 Å². The van der Waals surface area contributed by atoms with Gasteiger partial charge in [-0.1, -0.05) is 0 Å². The monoisotopic (exact) mass is 314 g/mol. The SMILES string of the molecule is O=C(NCc1cnn2c1CCCC2)Nc1ccc2c(c1)OCO2. The van der Waals surface area contributed by atoms with E-state index in [1.165, 1.54) is 18.5 Å². The number of carbonyl (C=O) groups excluding carboxylic acids is 1. The van der Waals surface area contributed by atoms with Gasteiger partial charge in [-0.2, -0.15) is 5.10 Å². The Balaban J connectivity index is 1.36. The molecule has 0 atom stereocenters. The number of aryl methyl sites for hydroxylation is 1. The Morgan fingerprint density at radius 2 is 2.17 bits per heavy atom. The van der Waals surface area contributed by atoms with Crippen LogP contribution >= 0.6 is 0 Å². The van der Waals surface area contributed by atoms with Gasteiger partial charge in [-0.05, 0) is 31.4 Å². The van der Waals surface area contributed by atoms with Gasteiger partial charge in [0.1, 0.15) is 0 Å². The Bertz CT molecular complexity index is 741. The molecule has 0 aliphatic carbocycles. The van der Waals surface area contributed by atoms with Gasteiger partial charge in [0.25, 0.3) is 0 Å². The number of nitrogens with one attached hydrogen (secondary N) is 2. The van der Waals surface area contributed by atoms with Crippen LogP contribution in [0.15, 0.2) is 24.4 Å². The molecule has 0 fully saturated rings. The van der Waals surface area contributed by atoms with Crippen LogP contribution in [-0.2, 0) is 19.5 Å². The highest BCUT2D eigenvalue weighted by Crippen LogP contribution is 2.34. The molecule has 2 aromatic rings. The van der Waals surface area contributed by atoms with E-state index in [9.17, 15) is 4.79 Å². The van der Waals surface area contributed by atoms with Gasteiger partial charge in [0.2, 0.25) is 6.79 Å². The van der Waals surface area contributed by atoms with E-state index in [0.717, 1.165) is 18.5 Å². The van der Waals surface area contributed by atoms with E-state index in [1.54, 1.807) is 18.2 Å². The minimum atomic E-state index is -0.250. The summed E-state index contributed by atoms with van der Waals surface area (Å²) in [6, 6.07) is 5.07. The second-order valence-electron chi connectivity index (χ2n) is 5.67. The molecule has 0 saturated heterocycles. The zero-order chi connectivity index (χ0) is 15.6. The smallest absolute Gasteiger partial charge is 0.319 e. The summed E-state index contributed by atoms with van der Waals surface area (Å²) < 4.78 is 12.6. The number of nitrogens with zero attached hydrogens (tertiary/aromatic N) is 2. The van der Waals surface area contributed by atoms with Crippen molar-refractivity contribution in [2.75, 3.05) is 12.1 Å². The average Bonchev–Trinajstić information content (AvgIpc) is 3.19. The van der Waals surface area contributed by atoms with Crippen LogP contribution in [-0.4, -0.2) is 22.6 Å². The standard InChI is InChI=1S/C16H18N4O3/c21-16(19-12-4-5-14-15(7-12)23-10-22-14)17-8-11-9-18-20-6-2-1-3-13(11)20/h4-5,7,9H,1-3,6,8,10H2,(H2,17,19,21). The zero-order valence-electron chi connectivity index (χ0n) is 12.7. The van der Waals surface area contributed by atoms with E-state index in [1.807, 2.05) is 10.9 Å². The third-order valence-electron chi connectivity index (χ3n) is 4.14. The summed E-state index contributed by atoms with van der Waals surface area (Å²) in [5, 5.41) is 10.0. The molecule has 2 aliphatic rings. The lowest BCUT2D eigenvalue weighted by molar-refractivity contribution is 0.174. The van der Waals surface area contributed by atoms with E-state index in [-0.39, 0.29) is 12.8 Å². The van der Waals surface area contributed by atoms with Crippen molar-refractivity contribution in [3.8, 4) is 11.5 Å². The highest BCUT2D eigenvalue weighted by molar-refractivity contribution is 5.89. The number of hydrogen-bond donors (Lipinski definition) is 2. The predicted octanol–water partition coefficient (Wildman–Crippen LogP) is 2.27. The first-order chi connectivity index (χ1) is 11.3. The van der Waals surface area contributed by atoms with Crippen molar-refractivity contribution in [1.82, 2.24) is 15.1 Å². The first-order valence-electron chi connectivity index (χ1n) is 7.78. The Hall–Kier alpha value is -2.70. The van der Waals surface area contributed by atoms with Gasteiger partial charge in [0, 0.05) is 36.1 Å². The van der Waals surface area contributed by atoms with E-state index >= 15 is 0 Å². The molecule has 2 amide bonds. The number of fused-ring (bicyclic) bond motifs is 2. The fraction of sp³-hybridized carbons (Fsp3) is 0.375. The lowest BCUT2D eigenvalue weighted by Gasteiger charge is -2.15. The Labute approximate surface area is 133 Å². The van der Waals surface area contributed by atoms with Crippen molar-refractivity contribution < 1.29 is 14.3 Å². The van der Waals surface area contributed by atoms with Gasteiger partial charge in [0.05, 0.1) is 6.20 Å². The van der Waals surface area contributed by atoms with Gasteiger partial charge in [0.15, 0.2) is 11.5 Å². The van der Waals surface area contributed by atoms with Crippen molar-refractivity contribution in [2.45, 2.75) is 32.4 Å². The van der Waals surface area contributed by atoms with Gasteiger partial charge < -0.3 is 20.1 Å². The van der Waals surface area contributed by atoms with Gasteiger partial charge in [-0.15, -0.1) is 0 Å². The second kappa shape index (κ2) is 5.83. The number of anilines is 1. The summed E-state index contributed by atoms with van der Waals surface area (Å²) in [6.07, 6.45) is 5.23. The third-order valence-corrected chi connectivity index (χ3v) is 4.14. The Morgan fingerprint density at radius 1 is 1.26 bits per heavy atom. The molecule has 0 saturated carbocycles. The van der Waals surface area contributed by atoms with E-state index < -0.39 is 0 Å². The van der Waals surface area contributed by atoms with Crippen LogP contribution in [0.2, 0.25) is 0 Å². The van der Waals surface area contributed by atoms with Crippen molar-refractivity contribution in [3.63, 3.8) is 0 Å². The fourth-order valence-corrected chi connectivity index (χ4v) is 2.96. The third kappa shape index (κ3) is 2.81. The molecule has 7 nitrogen and oxygen atoms in total. The Morgan fingerprint density at radius 3 is 3.13 bits per heavy atom. The molecule has 0 radical (unpaired) electrons. The lowest BCUT2D eigenvalue weighted by atomic mass is 10.1. The summed E-state index contributed by atoms with van der Waals surface area (Å²) in [6.45, 7) is 1.67. The van der Waals surface area contributed by atoms with Crippen LogP contribution in [0.4, 0.5) is 10.5 Å². The van der Waals surface area contributed by atoms with Crippen LogP contribution in [0.1, 0.15) is 24.1 Å². The maximum Gasteiger partial charge on any atom is 0.319 e. The molecule has 2 aliphatic heterocycles. The van der Waals surface area contributed by atoms with Crippen LogP contribution < -0.4 is 20.1 Å². The number of amides is 2. The molecule has 4 rings (SSSR count). The summed E-state index contributed by atoms with van der Waals surface area (Å²) in [5.41, 5.74) is 2.99. The number of hydrogen-bond acceptors (Lipinski definition) is 4. The zero-order valence-corrected chi connectivity index (χ0v) is 12.7. The summed E-state index contributed by atoms with van der Waals surface area (Å²) in [7, 11) is 0. The molecule has 2 N–H and O–H groups in total. The first-order valence-corrected chi connectivity index (χ1v) is 7.78. The van der Waals surface area contributed by atoms with Gasteiger partial charge in [-0.25, -0.2) is 4.79 Å². The fourth-order valence-electron chi connectivity index (χ4n) is 2.96. The normalized spacial score (nSPS) is 15.1. The molecule has 7 heteroatoms. The van der Waals surface area contributed by atoms with Crippen molar-refractivity contribution in [2.24, 2.45) is 0 Å². The number of carbonyl (C=O) groups is 1. The molecule has 1 aromatic heterocycles. The molecule has 0 unspecified atom stereocenters. The van der Waals surface area contributed by atoms with Crippen LogP contribution in [0.25, 0.3) is 0 Å². The summed E-state index contributed by atoms with van der Waals surface area (Å²) >= 11 is 0. The number of urea groups is 1. The highest BCUT2D eigenvalue weighted by atomic mass is 16.7. The molecule has 23 heavy (non-hydrogen) atoms. The van der Waals surface area contributed by atoms with Crippen molar-refractivity contribution in [3.05, 3.63) is 35.7 Å². The minimum absolute atomic E-state index is 0.220. The second-order valence-corrected chi connectivity index (χ2v) is 5.67. The maximum atomic E-state index is 12.1. The number of benzene rings is 1. The van der Waals surface area contributed by atoms with Gasteiger partial charge in [-0.3, -0.25) is 4.68 Å². The topological polar surface area (TPSA) is 77.4 Å². The van der Waals surface area contributed by atoms with Crippen molar-refractivity contribution in [1.29, 1.82) is 0 Å². The van der Waals surface area contributed by atoms with Gasteiger partial charge >= 0.3 is 6.03 Å². The molecule has 120 valence electrons. The summed E-state index contributed by atoms with van der Waals surface area (Å²) in [5.74, 6) is 1.34. The predicted molar refractivity (Wildman–Crippen MR) is 83.6 cm³/mol. The van der Waals surface area contributed by atoms with Crippen LogP contribution in [0.5, 0.6) is 11.5 Å². The average molecular weight is 314 g/mol. The quantitative estimate of drug-likeness (QED) is 0.911. The molecule has 3 heterocycles. The van der Waals surface area contributed by atoms with E-state index in [2.05, 4.69) is 15.7 Å². The summed E-state index contributed by atoms with van der Waals surface area (Å²) in [4.78, 5) is 12.1. The minimum Gasteiger partial charge on any atom is -0.454 e. The number of aromatic nitrogens is 2. The molecule has 1 aromatic carbocycles. The number of ether oxygens (including phenoxy) is 2.